The largest absolute Gasteiger partial charge is 0.497 e. The summed E-state index contributed by atoms with van der Waals surface area (Å²) in [6.07, 6.45) is 0.104. The van der Waals surface area contributed by atoms with Gasteiger partial charge in [-0.2, -0.15) is 0 Å². The van der Waals surface area contributed by atoms with Gasteiger partial charge in [0.1, 0.15) is 24.2 Å². The minimum Gasteiger partial charge on any atom is -0.497 e. The third-order valence-corrected chi connectivity index (χ3v) is 6.54. The molecule has 3 aromatic carbocycles. The molecule has 31 heavy (non-hydrogen) atoms. The van der Waals surface area contributed by atoms with Gasteiger partial charge in [-0.25, -0.2) is 8.42 Å². The molecule has 3 aromatic rings. The van der Waals surface area contributed by atoms with Crippen molar-refractivity contribution in [3.05, 3.63) is 84.4 Å². The third-order valence-electron chi connectivity index (χ3n) is 4.76. The highest BCUT2D eigenvalue weighted by Gasteiger charge is 2.17. The molecule has 0 amide bonds. The number of aliphatic hydroxyl groups excluding tert-OH is 1. The molecule has 0 fully saturated rings. The van der Waals surface area contributed by atoms with E-state index in [2.05, 4.69) is 5.32 Å². The average Bonchev–Trinajstić information content (AvgIpc) is 2.81. The Morgan fingerprint density at radius 3 is 2.10 bits per heavy atom. The average molecular weight is 442 g/mol. The number of para-hydroxylation sites is 1. The zero-order valence-corrected chi connectivity index (χ0v) is 18.2. The van der Waals surface area contributed by atoms with Crippen LogP contribution in [0.3, 0.4) is 0 Å². The summed E-state index contributed by atoms with van der Waals surface area (Å²) in [6, 6.07) is 22.6. The van der Waals surface area contributed by atoms with Crippen LogP contribution < -0.4 is 14.8 Å². The lowest BCUT2D eigenvalue weighted by atomic mass is 10.1. The fourth-order valence-electron chi connectivity index (χ4n) is 3.00. The Morgan fingerprint density at radius 2 is 1.48 bits per heavy atom. The van der Waals surface area contributed by atoms with E-state index in [1.54, 1.807) is 36.4 Å². The normalized spacial score (nSPS) is 12.3. The molecule has 0 bridgehead atoms. The Balaban J connectivity index is 1.44. The summed E-state index contributed by atoms with van der Waals surface area (Å²) < 4.78 is 36.1. The van der Waals surface area contributed by atoms with Gasteiger partial charge in [-0.3, -0.25) is 0 Å². The summed E-state index contributed by atoms with van der Waals surface area (Å²) in [6.45, 7) is 1.29. The first-order valence-electron chi connectivity index (χ1n) is 10.0. The van der Waals surface area contributed by atoms with Crippen molar-refractivity contribution < 1.29 is 23.0 Å². The number of rotatable bonds is 11. The minimum atomic E-state index is -3.56. The van der Waals surface area contributed by atoms with Crippen molar-refractivity contribution in [3.8, 4) is 11.5 Å². The van der Waals surface area contributed by atoms with Crippen LogP contribution in [-0.4, -0.2) is 46.4 Å². The molecule has 1 unspecified atom stereocenters. The third kappa shape index (κ3) is 6.55. The second-order valence-corrected chi connectivity index (χ2v) is 9.00. The monoisotopic (exact) mass is 441 g/mol. The van der Waals surface area contributed by atoms with Gasteiger partial charge in [-0.1, -0.05) is 30.3 Å². The number of ether oxygens (including phenoxy) is 2. The topological polar surface area (TPSA) is 84.9 Å². The van der Waals surface area contributed by atoms with Crippen LogP contribution in [0.5, 0.6) is 11.5 Å². The summed E-state index contributed by atoms with van der Waals surface area (Å²) in [4.78, 5) is 0.484. The standard InChI is InChI=1S/C24H27NO5S/c1-29-21-9-13-24(14-10-21)31(27,28)23-11-7-19(8-12-23)15-16-25-17-20(26)18-30-22-5-3-2-4-6-22/h2-14,20,25-26H,15-18H2,1H3. The quantitative estimate of drug-likeness (QED) is 0.445. The van der Waals surface area contributed by atoms with Crippen molar-refractivity contribution in [2.45, 2.75) is 22.3 Å². The van der Waals surface area contributed by atoms with Gasteiger partial charge in [0.15, 0.2) is 0 Å². The maximum atomic E-state index is 12.8. The lowest BCUT2D eigenvalue weighted by molar-refractivity contribution is 0.106. The van der Waals surface area contributed by atoms with Crippen molar-refractivity contribution in [2.24, 2.45) is 0 Å². The number of sulfone groups is 1. The predicted molar refractivity (Wildman–Crippen MR) is 119 cm³/mol. The van der Waals surface area contributed by atoms with Crippen LogP contribution in [0.1, 0.15) is 5.56 Å². The number of aliphatic hydroxyl groups is 1. The highest BCUT2D eigenvalue weighted by molar-refractivity contribution is 7.91. The maximum absolute atomic E-state index is 12.8. The van der Waals surface area contributed by atoms with E-state index in [1.807, 2.05) is 42.5 Å². The number of nitrogens with one attached hydrogen (secondary N) is 1. The summed E-state index contributed by atoms with van der Waals surface area (Å²) in [5, 5.41) is 13.2. The molecule has 164 valence electrons. The highest BCUT2D eigenvalue weighted by atomic mass is 32.2. The Labute approximate surface area is 183 Å². The zero-order chi connectivity index (χ0) is 22.1. The summed E-state index contributed by atoms with van der Waals surface area (Å²) in [7, 11) is -2.03. The van der Waals surface area contributed by atoms with E-state index in [0.717, 1.165) is 17.7 Å². The van der Waals surface area contributed by atoms with Gasteiger partial charge >= 0.3 is 0 Å². The summed E-state index contributed by atoms with van der Waals surface area (Å²) in [5.74, 6) is 1.34. The van der Waals surface area contributed by atoms with Crippen molar-refractivity contribution >= 4 is 9.84 Å². The predicted octanol–water partition coefficient (Wildman–Crippen LogP) is 3.10. The van der Waals surface area contributed by atoms with Crippen molar-refractivity contribution in [1.82, 2.24) is 5.32 Å². The lowest BCUT2D eigenvalue weighted by Crippen LogP contribution is -2.32. The number of methoxy groups -OCH3 is 1. The lowest BCUT2D eigenvalue weighted by Gasteiger charge is -2.13. The van der Waals surface area contributed by atoms with Gasteiger partial charge in [0.25, 0.3) is 0 Å². The molecule has 2 N–H and O–H groups in total. The molecular weight excluding hydrogens is 414 g/mol. The molecule has 0 saturated heterocycles. The van der Waals surface area contributed by atoms with Crippen LogP contribution in [0.4, 0.5) is 0 Å². The molecule has 0 radical (unpaired) electrons. The van der Waals surface area contributed by atoms with E-state index < -0.39 is 15.9 Å². The van der Waals surface area contributed by atoms with Crippen LogP contribution in [0, 0.1) is 0 Å². The van der Waals surface area contributed by atoms with E-state index in [0.29, 0.717) is 18.8 Å². The van der Waals surface area contributed by atoms with Gasteiger partial charge in [0, 0.05) is 6.54 Å². The van der Waals surface area contributed by atoms with Crippen LogP contribution in [-0.2, 0) is 16.3 Å². The molecule has 0 heterocycles. The zero-order valence-electron chi connectivity index (χ0n) is 17.4. The first kappa shape index (κ1) is 22.8. The van der Waals surface area contributed by atoms with Crippen LogP contribution in [0.25, 0.3) is 0 Å². The van der Waals surface area contributed by atoms with Gasteiger partial charge in [-0.05, 0) is 67.1 Å². The molecule has 0 saturated carbocycles. The van der Waals surface area contributed by atoms with E-state index in [1.165, 1.54) is 7.11 Å². The Morgan fingerprint density at radius 1 is 0.871 bits per heavy atom. The SMILES string of the molecule is COc1ccc(S(=O)(=O)c2ccc(CCNCC(O)COc3ccccc3)cc2)cc1. The molecule has 0 aromatic heterocycles. The van der Waals surface area contributed by atoms with Crippen molar-refractivity contribution in [1.29, 1.82) is 0 Å². The Kier molecular flexibility index (Phi) is 8.06. The second kappa shape index (κ2) is 10.9. The molecule has 0 aliphatic rings. The molecule has 6 nitrogen and oxygen atoms in total. The molecule has 0 aliphatic heterocycles. The molecular formula is C24H27NO5S. The number of hydrogen-bond donors (Lipinski definition) is 2. The molecule has 7 heteroatoms. The molecule has 0 spiro atoms. The van der Waals surface area contributed by atoms with Gasteiger partial charge in [-0.15, -0.1) is 0 Å². The van der Waals surface area contributed by atoms with Gasteiger partial charge < -0.3 is 19.9 Å². The van der Waals surface area contributed by atoms with Gasteiger partial charge in [0.05, 0.1) is 16.9 Å². The molecule has 3 rings (SSSR count). The number of hydrogen-bond acceptors (Lipinski definition) is 6. The fourth-order valence-corrected chi connectivity index (χ4v) is 4.26. The van der Waals surface area contributed by atoms with E-state index in [4.69, 9.17) is 9.47 Å². The first-order valence-corrected chi connectivity index (χ1v) is 11.5. The van der Waals surface area contributed by atoms with Crippen LogP contribution in [0.2, 0.25) is 0 Å². The summed E-state index contributed by atoms with van der Waals surface area (Å²) >= 11 is 0. The minimum absolute atomic E-state index is 0.217. The smallest absolute Gasteiger partial charge is 0.206 e. The Hall–Kier alpha value is -2.87. The maximum Gasteiger partial charge on any atom is 0.206 e. The van der Waals surface area contributed by atoms with Crippen molar-refractivity contribution in [3.63, 3.8) is 0 Å². The van der Waals surface area contributed by atoms with Gasteiger partial charge in [0.2, 0.25) is 9.84 Å². The highest BCUT2D eigenvalue weighted by Crippen LogP contribution is 2.23. The second-order valence-electron chi connectivity index (χ2n) is 7.05. The van der Waals surface area contributed by atoms with Crippen LogP contribution in [0.15, 0.2) is 88.7 Å². The van der Waals surface area contributed by atoms with E-state index in [-0.39, 0.29) is 16.4 Å². The fraction of sp³-hybridized carbons (Fsp3) is 0.250. The number of benzene rings is 3. The van der Waals surface area contributed by atoms with Crippen LogP contribution >= 0.6 is 0 Å². The van der Waals surface area contributed by atoms with E-state index >= 15 is 0 Å². The van der Waals surface area contributed by atoms with Crippen molar-refractivity contribution in [2.75, 3.05) is 26.8 Å². The first-order chi connectivity index (χ1) is 15.0. The Bertz CT molecular complexity index is 1040. The molecule has 0 aliphatic carbocycles. The van der Waals surface area contributed by atoms with E-state index in [9.17, 15) is 13.5 Å². The molecule has 1 atom stereocenters. The summed E-state index contributed by atoms with van der Waals surface area (Å²) in [5.41, 5.74) is 1.01.